The lowest BCUT2D eigenvalue weighted by atomic mass is 10.1. The van der Waals surface area contributed by atoms with Gasteiger partial charge in [-0.2, -0.15) is 0 Å². The molecule has 0 unspecified atom stereocenters. The summed E-state index contributed by atoms with van der Waals surface area (Å²) in [7, 11) is 0. The fourth-order valence-corrected chi connectivity index (χ4v) is 3.56. The Bertz CT molecular complexity index is 1230. The number of nitrogens with one attached hydrogen (secondary N) is 2. The van der Waals surface area contributed by atoms with Crippen LogP contribution in [0.25, 0.3) is 0 Å². The third kappa shape index (κ3) is 5.10. The van der Waals surface area contributed by atoms with Crippen LogP contribution >= 0.6 is 11.6 Å². The van der Waals surface area contributed by atoms with Crippen LogP contribution in [0.15, 0.2) is 89.6 Å². The third-order valence-corrected chi connectivity index (χ3v) is 5.45. The van der Waals surface area contributed by atoms with Crippen molar-refractivity contribution >= 4 is 40.7 Å². The fraction of sp³-hybridized carbons (Fsp3) is 0.0800. The van der Waals surface area contributed by atoms with Gasteiger partial charge in [-0.25, -0.2) is 4.39 Å². The Hall–Kier alpha value is -3.97. The Morgan fingerprint density at radius 1 is 0.848 bits per heavy atom. The lowest BCUT2D eigenvalue weighted by Gasteiger charge is -2.15. The maximum absolute atomic E-state index is 13.0. The van der Waals surface area contributed by atoms with Crippen LogP contribution < -0.4 is 10.6 Å². The van der Waals surface area contributed by atoms with E-state index in [4.69, 9.17) is 11.6 Å². The summed E-state index contributed by atoms with van der Waals surface area (Å²) in [5.41, 5.74) is 2.32. The van der Waals surface area contributed by atoms with Gasteiger partial charge in [0.25, 0.3) is 17.7 Å². The number of rotatable bonds is 7. The molecule has 3 aromatic carbocycles. The van der Waals surface area contributed by atoms with Crippen LogP contribution in [-0.4, -0.2) is 29.2 Å². The standard InChI is InChI=1S/C25H19ClFN3O3/c26-21-22(25(33)30(24(21)32)15-14-16-4-2-1-3-5-16)28-19-10-6-17(7-11-19)23(31)29-20-12-8-18(27)9-13-20/h1-13,28H,14-15H2,(H,29,31). The van der Waals surface area contributed by atoms with E-state index >= 15 is 0 Å². The highest BCUT2D eigenvalue weighted by molar-refractivity contribution is 6.48. The topological polar surface area (TPSA) is 78.5 Å². The Morgan fingerprint density at radius 3 is 2.15 bits per heavy atom. The van der Waals surface area contributed by atoms with Gasteiger partial charge in [0.05, 0.1) is 0 Å². The number of nitrogens with zero attached hydrogens (tertiary/aromatic N) is 1. The predicted molar refractivity (Wildman–Crippen MR) is 124 cm³/mol. The Balaban J connectivity index is 1.39. The molecule has 0 spiro atoms. The molecule has 0 saturated carbocycles. The largest absolute Gasteiger partial charge is 0.350 e. The monoisotopic (exact) mass is 463 g/mol. The van der Waals surface area contributed by atoms with Crippen LogP contribution in [0.3, 0.4) is 0 Å². The lowest BCUT2D eigenvalue weighted by molar-refractivity contribution is -0.137. The molecule has 6 nitrogen and oxygen atoms in total. The van der Waals surface area contributed by atoms with Crippen molar-refractivity contribution in [2.75, 3.05) is 17.2 Å². The predicted octanol–water partition coefficient (Wildman–Crippen LogP) is 4.55. The van der Waals surface area contributed by atoms with Crippen molar-refractivity contribution in [3.63, 3.8) is 0 Å². The van der Waals surface area contributed by atoms with E-state index in [0.29, 0.717) is 23.4 Å². The summed E-state index contributed by atoms with van der Waals surface area (Å²) in [6.45, 7) is 0.214. The Morgan fingerprint density at radius 2 is 1.48 bits per heavy atom. The minimum Gasteiger partial charge on any atom is -0.350 e. The summed E-state index contributed by atoms with van der Waals surface area (Å²) >= 11 is 6.15. The first-order valence-corrected chi connectivity index (χ1v) is 10.5. The molecule has 1 heterocycles. The number of anilines is 2. The van der Waals surface area contributed by atoms with Gasteiger partial charge in [-0.3, -0.25) is 19.3 Å². The molecule has 3 aromatic rings. The van der Waals surface area contributed by atoms with E-state index < -0.39 is 17.6 Å². The van der Waals surface area contributed by atoms with E-state index in [1.165, 1.54) is 24.3 Å². The lowest BCUT2D eigenvalue weighted by Crippen LogP contribution is -2.34. The molecule has 166 valence electrons. The van der Waals surface area contributed by atoms with Crippen molar-refractivity contribution in [2.24, 2.45) is 0 Å². The number of carbonyl (C=O) groups excluding carboxylic acids is 3. The van der Waals surface area contributed by atoms with Crippen molar-refractivity contribution in [1.29, 1.82) is 0 Å². The number of benzene rings is 3. The summed E-state index contributed by atoms with van der Waals surface area (Å²) in [4.78, 5) is 38.7. The van der Waals surface area contributed by atoms with Gasteiger partial charge < -0.3 is 10.6 Å². The molecule has 0 saturated heterocycles. The molecular weight excluding hydrogens is 445 g/mol. The van der Waals surface area contributed by atoms with Gasteiger partial charge >= 0.3 is 0 Å². The molecule has 3 amide bonds. The number of imide groups is 1. The summed E-state index contributed by atoms with van der Waals surface area (Å²) in [6.07, 6.45) is 0.521. The van der Waals surface area contributed by atoms with E-state index in [0.717, 1.165) is 10.5 Å². The molecule has 0 atom stereocenters. The molecule has 1 aliphatic rings. The molecule has 0 aromatic heterocycles. The molecule has 33 heavy (non-hydrogen) atoms. The molecular formula is C25H19ClFN3O3. The molecule has 0 fully saturated rings. The second-order valence-corrected chi connectivity index (χ2v) is 7.73. The SMILES string of the molecule is O=C(Nc1ccc(F)cc1)c1ccc(NC2=C(Cl)C(=O)N(CCc3ccccc3)C2=O)cc1. The van der Waals surface area contributed by atoms with Crippen LogP contribution in [0.1, 0.15) is 15.9 Å². The number of amides is 3. The zero-order valence-corrected chi connectivity index (χ0v) is 18.1. The second-order valence-electron chi connectivity index (χ2n) is 7.35. The number of hydrogen-bond acceptors (Lipinski definition) is 4. The van der Waals surface area contributed by atoms with E-state index in [9.17, 15) is 18.8 Å². The second kappa shape index (κ2) is 9.67. The number of hydrogen-bond donors (Lipinski definition) is 2. The van der Waals surface area contributed by atoms with Gasteiger partial charge in [0, 0.05) is 23.5 Å². The van der Waals surface area contributed by atoms with E-state index in [1.54, 1.807) is 24.3 Å². The Labute approximate surface area is 194 Å². The Kier molecular flexibility index (Phi) is 6.51. The first-order chi connectivity index (χ1) is 15.9. The van der Waals surface area contributed by atoms with Crippen molar-refractivity contribution in [2.45, 2.75) is 6.42 Å². The molecule has 2 N–H and O–H groups in total. The normalized spacial score (nSPS) is 13.5. The third-order valence-electron chi connectivity index (χ3n) is 5.10. The summed E-state index contributed by atoms with van der Waals surface area (Å²) < 4.78 is 13.0. The van der Waals surface area contributed by atoms with Gasteiger partial charge in [-0.05, 0) is 60.5 Å². The highest BCUT2D eigenvalue weighted by Crippen LogP contribution is 2.26. The molecule has 0 radical (unpaired) electrons. The fourth-order valence-electron chi connectivity index (χ4n) is 3.33. The highest BCUT2D eigenvalue weighted by atomic mass is 35.5. The van der Waals surface area contributed by atoms with Gasteiger partial charge in [-0.1, -0.05) is 41.9 Å². The van der Waals surface area contributed by atoms with E-state index in [1.807, 2.05) is 30.3 Å². The summed E-state index contributed by atoms with van der Waals surface area (Å²) in [5.74, 6) is -1.81. The average Bonchev–Trinajstić information content (AvgIpc) is 3.03. The first kappa shape index (κ1) is 22.2. The number of halogens is 2. The quantitative estimate of drug-likeness (QED) is 0.504. The van der Waals surface area contributed by atoms with Crippen molar-refractivity contribution in [3.8, 4) is 0 Å². The maximum atomic E-state index is 13.0. The minimum atomic E-state index is -0.546. The first-order valence-electron chi connectivity index (χ1n) is 10.2. The average molecular weight is 464 g/mol. The van der Waals surface area contributed by atoms with Crippen LogP contribution in [0.4, 0.5) is 15.8 Å². The van der Waals surface area contributed by atoms with Crippen LogP contribution in [0, 0.1) is 5.82 Å². The smallest absolute Gasteiger partial charge is 0.278 e. The number of carbonyl (C=O) groups is 3. The minimum absolute atomic E-state index is 0.00163. The summed E-state index contributed by atoms with van der Waals surface area (Å²) in [5, 5.41) is 5.38. The van der Waals surface area contributed by atoms with Gasteiger partial charge in [-0.15, -0.1) is 0 Å². The van der Waals surface area contributed by atoms with E-state index in [2.05, 4.69) is 10.6 Å². The van der Waals surface area contributed by atoms with Gasteiger partial charge in [0.1, 0.15) is 16.5 Å². The van der Waals surface area contributed by atoms with E-state index in [-0.39, 0.29) is 23.2 Å². The maximum Gasteiger partial charge on any atom is 0.278 e. The molecule has 1 aliphatic heterocycles. The molecule has 0 bridgehead atoms. The molecule has 0 aliphatic carbocycles. The van der Waals surface area contributed by atoms with Crippen molar-refractivity contribution < 1.29 is 18.8 Å². The van der Waals surface area contributed by atoms with Crippen LogP contribution in [0.2, 0.25) is 0 Å². The zero-order valence-electron chi connectivity index (χ0n) is 17.3. The van der Waals surface area contributed by atoms with Crippen molar-refractivity contribution in [1.82, 2.24) is 4.90 Å². The van der Waals surface area contributed by atoms with Crippen LogP contribution in [-0.2, 0) is 16.0 Å². The van der Waals surface area contributed by atoms with Crippen LogP contribution in [0.5, 0.6) is 0 Å². The zero-order chi connectivity index (χ0) is 23.4. The summed E-state index contributed by atoms with van der Waals surface area (Å²) in [6, 6.07) is 21.3. The molecule has 8 heteroatoms. The van der Waals surface area contributed by atoms with Crippen molar-refractivity contribution in [3.05, 3.63) is 107 Å². The van der Waals surface area contributed by atoms with Gasteiger partial charge in [0.2, 0.25) is 0 Å². The van der Waals surface area contributed by atoms with Gasteiger partial charge in [0.15, 0.2) is 0 Å². The highest BCUT2D eigenvalue weighted by Gasteiger charge is 2.37. The molecule has 4 rings (SSSR count).